The molecule has 4 N–H and O–H groups in total. The molecule has 0 aliphatic rings. The number of methoxy groups -OCH3 is 1. The first-order valence-corrected chi connectivity index (χ1v) is 5.27. The van der Waals surface area contributed by atoms with Crippen LogP contribution >= 0.6 is 28.3 Å². The van der Waals surface area contributed by atoms with E-state index in [9.17, 15) is 14.7 Å². The van der Waals surface area contributed by atoms with Gasteiger partial charge in [-0.1, -0.05) is 0 Å². The summed E-state index contributed by atoms with van der Waals surface area (Å²) in [5, 5.41) is 18.5. The molecule has 1 aromatic carbocycles. The van der Waals surface area contributed by atoms with Crippen LogP contribution < -0.4 is 5.73 Å². The predicted molar refractivity (Wildman–Crippen MR) is 69.0 cm³/mol. The number of hydrogen-bond donors (Lipinski definition) is 3. The van der Waals surface area contributed by atoms with Crippen LogP contribution in [-0.4, -0.2) is 29.3 Å². The summed E-state index contributed by atoms with van der Waals surface area (Å²) < 4.78 is 4.57. The molecule has 0 fully saturated rings. The molecular formula is C10H11BrClNO5. The zero-order valence-electron chi connectivity index (χ0n) is 9.21. The highest BCUT2D eigenvalue weighted by molar-refractivity contribution is 9.10. The van der Waals surface area contributed by atoms with E-state index in [0.29, 0.717) is 0 Å². The first-order chi connectivity index (χ1) is 7.88. The lowest BCUT2D eigenvalue weighted by Crippen LogP contribution is -2.23. The molecule has 0 saturated carbocycles. The van der Waals surface area contributed by atoms with Gasteiger partial charge in [-0.25, -0.2) is 4.79 Å². The van der Waals surface area contributed by atoms with Gasteiger partial charge in [-0.05, 0) is 28.1 Å². The third kappa shape index (κ3) is 3.34. The minimum atomic E-state index is -1.24. The van der Waals surface area contributed by atoms with Crippen molar-refractivity contribution < 1.29 is 24.5 Å². The first kappa shape index (κ1) is 16.7. The smallest absolute Gasteiger partial charge is 0.335 e. The number of phenolic OH excluding ortho intramolecular Hbond substituents is 1. The molecule has 18 heavy (non-hydrogen) atoms. The number of carboxylic acids is 1. The van der Waals surface area contributed by atoms with Crippen LogP contribution in [-0.2, 0) is 9.53 Å². The fraction of sp³-hybridized carbons (Fsp3) is 0.200. The Morgan fingerprint density at radius 2 is 2.00 bits per heavy atom. The number of benzene rings is 1. The zero-order valence-corrected chi connectivity index (χ0v) is 11.6. The van der Waals surface area contributed by atoms with Crippen molar-refractivity contribution >= 4 is 40.3 Å². The van der Waals surface area contributed by atoms with Gasteiger partial charge in [0.2, 0.25) is 0 Å². The molecule has 0 unspecified atom stereocenters. The molecule has 0 saturated heterocycles. The van der Waals surface area contributed by atoms with Crippen molar-refractivity contribution in [3.63, 3.8) is 0 Å². The quantitative estimate of drug-likeness (QED) is 0.718. The fourth-order valence-corrected chi connectivity index (χ4v) is 1.71. The average Bonchev–Trinajstić information content (AvgIpc) is 2.30. The lowest BCUT2D eigenvalue weighted by molar-refractivity contribution is -0.142. The van der Waals surface area contributed by atoms with E-state index in [1.807, 2.05) is 0 Å². The topological polar surface area (TPSA) is 110 Å². The van der Waals surface area contributed by atoms with Gasteiger partial charge in [0.25, 0.3) is 0 Å². The molecule has 1 atom stereocenters. The molecule has 100 valence electrons. The van der Waals surface area contributed by atoms with Crippen LogP contribution in [0.15, 0.2) is 16.6 Å². The Hall–Kier alpha value is -1.31. The number of halogens is 2. The fourth-order valence-electron chi connectivity index (χ4n) is 1.23. The molecule has 0 radical (unpaired) electrons. The van der Waals surface area contributed by atoms with E-state index in [1.165, 1.54) is 6.07 Å². The molecule has 0 amide bonds. The van der Waals surface area contributed by atoms with Crippen LogP contribution in [0.4, 0.5) is 0 Å². The molecular weight excluding hydrogens is 329 g/mol. The number of rotatable bonds is 3. The number of carbonyl (C=O) groups excluding carboxylic acids is 1. The second kappa shape index (κ2) is 6.58. The summed E-state index contributed by atoms with van der Waals surface area (Å²) in [6, 6.07) is 1.10. The Labute approximate surface area is 117 Å². The van der Waals surface area contributed by atoms with Crippen LogP contribution in [0, 0.1) is 0 Å². The number of esters is 1. The summed E-state index contributed by atoms with van der Waals surface area (Å²) >= 11 is 2.98. The van der Waals surface area contributed by atoms with Crippen molar-refractivity contribution in [2.75, 3.05) is 7.11 Å². The minimum absolute atomic E-state index is 0. The van der Waals surface area contributed by atoms with Crippen LogP contribution in [0.2, 0.25) is 0 Å². The number of ether oxygens (including phenoxy) is 1. The Morgan fingerprint density at radius 1 is 1.44 bits per heavy atom. The maximum absolute atomic E-state index is 11.2. The number of aromatic hydroxyl groups is 1. The molecule has 0 aliphatic carbocycles. The van der Waals surface area contributed by atoms with Crippen molar-refractivity contribution in [1.82, 2.24) is 0 Å². The van der Waals surface area contributed by atoms with Crippen LogP contribution in [0.1, 0.15) is 22.0 Å². The van der Waals surface area contributed by atoms with E-state index < -0.39 is 18.0 Å². The Balaban J connectivity index is 0.00000289. The monoisotopic (exact) mass is 339 g/mol. The number of phenols is 1. The van der Waals surface area contributed by atoms with Gasteiger partial charge in [0, 0.05) is 5.56 Å². The van der Waals surface area contributed by atoms with Crippen LogP contribution in [0.3, 0.4) is 0 Å². The molecule has 0 heterocycles. The molecule has 1 aromatic rings. The van der Waals surface area contributed by atoms with Crippen molar-refractivity contribution in [1.29, 1.82) is 0 Å². The third-order valence-corrected chi connectivity index (χ3v) is 2.73. The lowest BCUT2D eigenvalue weighted by atomic mass is 10.0. The van der Waals surface area contributed by atoms with Gasteiger partial charge in [0.1, 0.15) is 11.8 Å². The maximum atomic E-state index is 11.2. The predicted octanol–water partition coefficient (Wildman–Crippen LogP) is 1.45. The highest BCUT2D eigenvalue weighted by Gasteiger charge is 2.23. The average molecular weight is 341 g/mol. The van der Waals surface area contributed by atoms with Gasteiger partial charge < -0.3 is 20.7 Å². The SMILES string of the molecule is COC(=O)[C@H](N)c1cc(C(=O)O)cc(Br)c1O.Cl. The zero-order chi connectivity index (χ0) is 13.2. The molecule has 0 aromatic heterocycles. The van der Waals surface area contributed by atoms with Crippen molar-refractivity contribution in [2.24, 2.45) is 5.73 Å². The Bertz CT molecular complexity index is 480. The third-order valence-electron chi connectivity index (χ3n) is 2.13. The minimum Gasteiger partial charge on any atom is -0.506 e. The molecule has 0 aliphatic heterocycles. The summed E-state index contributed by atoms with van der Waals surface area (Å²) in [6.07, 6.45) is 0. The summed E-state index contributed by atoms with van der Waals surface area (Å²) in [4.78, 5) is 22.1. The highest BCUT2D eigenvalue weighted by Crippen LogP contribution is 2.33. The first-order valence-electron chi connectivity index (χ1n) is 4.47. The van der Waals surface area contributed by atoms with Gasteiger partial charge in [0.05, 0.1) is 17.1 Å². The normalized spacial score (nSPS) is 11.3. The van der Waals surface area contributed by atoms with Crippen LogP contribution in [0.25, 0.3) is 0 Å². The highest BCUT2D eigenvalue weighted by atomic mass is 79.9. The number of carbonyl (C=O) groups is 2. The van der Waals surface area contributed by atoms with E-state index in [2.05, 4.69) is 20.7 Å². The Kier molecular flexibility index (Phi) is 6.10. The molecule has 0 spiro atoms. The summed E-state index contributed by atoms with van der Waals surface area (Å²) in [5.74, 6) is -2.24. The lowest BCUT2D eigenvalue weighted by Gasteiger charge is -2.13. The van der Waals surface area contributed by atoms with E-state index in [-0.39, 0.29) is 33.8 Å². The van der Waals surface area contributed by atoms with Crippen molar-refractivity contribution in [2.45, 2.75) is 6.04 Å². The van der Waals surface area contributed by atoms with Crippen molar-refractivity contribution in [3.8, 4) is 5.75 Å². The number of nitrogens with two attached hydrogens (primary N) is 1. The maximum Gasteiger partial charge on any atom is 0.335 e. The summed E-state index contributed by atoms with van der Waals surface area (Å²) in [6.45, 7) is 0. The summed E-state index contributed by atoms with van der Waals surface area (Å²) in [7, 11) is 1.15. The van der Waals surface area contributed by atoms with Gasteiger partial charge in [-0.2, -0.15) is 0 Å². The van der Waals surface area contributed by atoms with Crippen LogP contribution in [0.5, 0.6) is 5.75 Å². The summed E-state index contributed by atoms with van der Waals surface area (Å²) in [5.41, 5.74) is 5.44. The van der Waals surface area contributed by atoms with E-state index >= 15 is 0 Å². The van der Waals surface area contributed by atoms with Gasteiger partial charge in [0.15, 0.2) is 0 Å². The second-order valence-corrected chi connectivity index (χ2v) is 4.06. The largest absolute Gasteiger partial charge is 0.506 e. The Morgan fingerprint density at radius 3 is 2.44 bits per heavy atom. The van der Waals surface area contributed by atoms with Gasteiger partial charge >= 0.3 is 11.9 Å². The van der Waals surface area contributed by atoms with E-state index in [0.717, 1.165) is 13.2 Å². The standard InChI is InChI=1S/C10H10BrNO5.ClH/c1-17-10(16)7(12)5-2-4(9(14)15)3-6(11)8(5)13;/h2-3,7,13H,12H2,1H3,(H,14,15);1H/t7-;/m1./s1. The molecule has 8 heteroatoms. The molecule has 6 nitrogen and oxygen atoms in total. The van der Waals surface area contributed by atoms with Crippen molar-refractivity contribution in [3.05, 3.63) is 27.7 Å². The molecule has 1 rings (SSSR count). The second-order valence-electron chi connectivity index (χ2n) is 3.20. The number of hydrogen-bond acceptors (Lipinski definition) is 5. The molecule has 0 bridgehead atoms. The van der Waals surface area contributed by atoms with Gasteiger partial charge in [-0.3, -0.25) is 4.79 Å². The van der Waals surface area contributed by atoms with Gasteiger partial charge in [-0.15, -0.1) is 12.4 Å². The number of carboxylic acid groups (broad SMARTS) is 1. The number of aromatic carboxylic acids is 1. The van der Waals surface area contributed by atoms with E-state index in [1.54, 1.807) is 0 Å². The van der Waals surface area contributed by atoms with E-state index in [4.69, 9.17) is 10.8 Å².